The Hall–Kier alpha value is -1.58. The highest BCUT2D eigenvalue weighted by Gasteiger charge is 2.07. The largest absolute Gasteiger partial charge is 0.338 e. The summed E-state index contributed by atoms with van der Waals surface area (Å²) in [7, 11) is 0. The van der Waals surface area contributed by atoms with Crippen LogP contribution in [-0.4, -0.2) is 18.6 Å². The van der Waals surface area contributed by atoms with Gasteiger partial charge in [0, 0.05) is 12.6 Å². The number of hydrogen-bond acceptors (Lipinski definition) is 1. The molecule has 1 unspecified atom stereocenters. The van der Waals surface area contributed by atoms with Crippen LogP contribution in [0.25, 0.3) is 0 Å². The van der Waals surface area contributed by atoms with Crippen molar-refractivity contribution in [2.45, 2.75) is 46.1 Å². The number of nitrogens with one attached hydrogen (secondary N) is 2. The highest BCUT2D eigenvalue weighted by Crippen LogP contribution is 2.06. The predicted molar refractivity (Wildman–Crippen MR) is 80.2 cm³/mol. The van der Waals surface area contributed by atoms with E-state index >= 15 is 0 Å². The van der Waals surface area contributed by atoms with Crippen LogP contribution in [0.15, 0.2) is 24.3 Å². The predicted octanol–water partition coefficient (Wildman–Crippen LogP) is 3.49. The number of amides is 2. The van der Waals surface area contributed by atoms with Gasteiger partial charge in [-0.1, -0.05) is 26.0 Å². The van der Waals surface area contributed by atoms with E-state index in [2.05, 4.69) is 24.5 Å². The van der Waals surface area contributed by atoms with Gasteiger partial charge in [0.2, 0.25) is 0 Å². The van der Waals surface area contributed by atoms with Crippen molar-refractivity contribution in [2.75, 3.05) is 6.54 Å². The second-order valence-electron chi connectivity index (χ2n) is 5.65. The molecule has 3 nitrogen and oxygen atoms in total. The third-order valence-corrected chi connectivity index (χ3v) is 3.14. The van der Waals surface area contributed by atoms with Crippen molar-refractivity contribution in [3.8, 4) is 0 Å². The van der Waals surface area contributed by atoms with E-state index in [4.69, 9.17) is 0 Å². The second kappa shape index (κ2) is 8.56. The molecule has 1 aromatic carbocycles. The van der Waals surface area contributed by atoms with E-state index in [0.29, 0.717) is 18.9 Å². The average molecular weight is 280 g/mol. The number of benzene rings is 1. The van der Waals surface area contributed by atoms with Gasteiger partial charge in [0.15, 0.2) is 0 Å². The molecule has 0 saturated carbocycles. The van der Waals surface area contributed by atoms with E-state index < -0.39 is 0 Å². The minimum atomic E-state index is -0.241. The van der Waals surface area contributed by atoms with Gasteiger partial charge in [0.1, 0.15) is 5.82 Å². The first-order valence-electron chi connectivity index (χ1n) is 7.26. The molecule has 0 aromatic heterocycles. The molecule has 0 spiro atoms. The summed E-state index contributed by atoms with van der Waals surface area (Å²) in [6, 6.07) is 6.46. The van der Waals surface area contributed by atoms with Gasteiger partial charge in [-0.3, -0.25) is 0 Å². The van der Waals surface area contributed by atoms with Gasteiger partial charge < -0.3 is 10.6 Å². The molecule has 112 valence electrons. The lowest BCUT2D eigenvalue weighted by Crippen LogP contribution is -2.41. The van der Waals surface area contributed by atoms with E-state index in [1.54, 1.807) is 6.07 Å². The Kier molecular flexibility index (Phi) is 7.05. The summed E-state index contributed by atoms with van der Waals surface area (Å²) in [4.78, 5) is 11.7. The number of carbonyl (C=O) groups excluding carboxylic acids is 1. The monoisotopic (exact) mass is 280 g/mol. The maximum atomic E-state index is 13.0. The second-order valence-corrected chi connectivity index (χ2v) is 5.65. The third kappa shape index (κ3) is 7.12. The normalized spacial score (nSPS) is 12.2. The van der Waals surface area contributed by atoms with Crippen LogP contribution in [-0.2, 0) is 6.42 Å². The Morgan fingerprint density at radius 3 is 2.65 bits per heavy atom. The molecule has 0 saturated heterocycles. The van der Waals surface area contributed by atoms with Gasteiger partial charge in [-0.2, -0.15) is 0 Å². The Labute approximate surface area is 121 Å². The highest BCUT2D eigenvalue weighted by atomic mass is 19.1. The summed E-state index contributed by atoms with van der Waals surface area (Å²) in [6.45, 7) is 6.86. The van der Waals surface area contributed by atoms with Crippen molar-refractivity contribution in [1.29, 1.82) is 0 Å². The summed E-state index contributed by atoms with van der Waals surface area (Å²) in [6.07, 6.45) is 2.71. The van der Waals surface area contributed by atoms with E-state index in [1.165, 1.54) is 12.1 Å². The zero-order valence-electron chi connectivity index (χ0n) is 12.6. The van der Waals surface area contributed by atoms with Crippen molar-refractivity contribution < 1.29 is 9.18 Å². The fourth-order valence-corrected chi connectivity index (χ4v) is 1.94. The number of urea groups is 1. The summed E-state index contributed by atoms with van der Waals surface area (Å²) in [5.74, 6) is 0.407. The van der Waals surface area contributed by atoms with E-state index in [1.807, 2.05) is 13.0 Å². The van der Waals surface area contributed by atoms with Crippen LogP contribution in [0.3, 0.4) is 0 Å². The molecule has 0 radical (unpaired) electrons. The number of halogens is 1. The summed E-state index contributed by atoms with van der Waals surface area (Å²) < 4.78 is 13.0. The lowest BCUT2D eigenvalue weighted by molar-refractivity contribution is 0.236. The molecular formula is C16H25FN2O. The minimum Gasteiger partial charge on any atom is -0.338 e. The first kappa shape index (κ1) is 16.5. The zero-order valence-corrected chi connectivity index (χ0v) is 12.6. The summed E-state index contributed by atoms with van der Waals surface area (Å²) in [5, 5.41) is 5.71. The molecule has 1 aromatic rings. The molecule has 4 heteroatoms. The Morgan fingerprint density at radius 2 is 2.00 bits per heavy atom. The van der Waals surface area contributed by atoms with Crippen LogP contribution in [0.5, 0.6) is 0 Å². The molecule has 2 amide bonds. The van der Waals surface area contributed by atoms with E-state index in [0.717, 1.165) is 18.4 Å². The molecule has 20 heavy (non-hydrogen) atoms. The fourth-order valence-electron chi connectivity index (χ4n) is 1.94. The topological polar surface area (TPSA) is 41.1 Å². The lowest BCUT2D eigenvalue weighted by atomic mass is 10.0. The van der Waals surface area contributed by atoms with Crippen molar-refractivity contribution in [3.05, 3.63) is 35.6 Å². The molecular weight excluding hydrogens is 255 g/mol. The number of hydrogen-bond donors (Lipinski definition) is 2. The SMILES string of the molecule is CC(C)CCC(C)NC(=O)NCCc1cccc(F)c1. The lowest BCUT2D eigenvalue weighted by Gasteiger charge is -2.15. The van der Waals surface area contributed by atoms with Crippen LogP contribution in [0.4, 0.5) is 9.18 Å². The molecule has 2 N–H and O–H groups in total. The van der Waals surface area contributed by atoms with E-state index in [9.17, 15) is 9.18 Å². The van der Waals surface area contributed by atoms with Crippen LogP contribution in [0.1, 0.15) is 39.2 Å². The summed E-state index contributed by atoms with van der Waals surface area (Å²) in [5.41, 5.74) is 0.887. The maximum Gasteiger partial charge on any atom is 0.315 e. The molecule has 1 rings (SSSR count). The molecule has 0 bridgehead atoms. The molecule has 0 aliphatic rings. The van der Waals surface area contributed by atoms with Crippen LogP contribution < -0.4 is 10.6 Å². The number of carbonyl (C=O) groups is 1. The summed E-state index contributed by atoms with van der Waals surface area (Å²) >= 11 is 0. The van der Waals surface area contributed by atoms with Crippen LogP contribution in [0.2, 0.25) is 0 Å². The van der Waals surface area contributed by atoms with Crippen LogP contribution in [0, 0.1) is 11.7 Å². The van der Waals surface area contributed by atoms with Gasteiger partial charge in [-0.15, -0.1) is 0 Å². The van der Waals surface area contributed by atoms with Crippen LogP contribution >= 0.6 is 0 Å². The highest BCUT2D eigenvalue weighted by molar-refractivity contribution is 5.74. The first-order valence-corrected chi connectivity index (χ1v) is 7.26. The van der Waals surface area contributed by atoms with Crippen molar-refractivity contribution in [2.24, 2.45) is 5.92 Å². The van der Waals surface area contributed by atoms with Gasteiger partial charge in [-0.05, 0) is 49.8 Å². The van der Waals surface area contributed by atoms with Crippen molar-refractivity contribution in [3.63, 3.8) is 0 Å². The Bertz CT molecular complexity index is 421. The standard InChI is InChI=1S/C16H25FN2O/c1-12(2)7-8-13(3)19-16(20)18-10-9-14-5-4-6-15(17)11-14/h4-6,11-13H,7-10H2,1-3H3,(H2,18,19,20). The molecule has 0 fully saturated rings. The minimum absolute atomic E-state index is 0.155. The third-order valence-electron chi connectivity index (χ3n) is 3.14. The first-order chi connectivity index (χ1) is 9.47. The van der Waals surface area contributed by atoms with Gasteiger partial charge >= 0.3 is 6.03 Å². The van der Waals surface area contributed by atoms with Gasteiger partial charge in [-0.25, -0.2) is 9.18 Å². The van der Waals surface area contributed by atoms with Gasteiger partial charge in [0.05, 0.1) is 0 Å². The molecule has 0 heterocycles. The Morgan fingerprint density at radius 1 is 1.25 bits per heavy atom. The average Bonchev–Trinajstić information content (AvgIpc) is 2.36. The molecule has 0 aliphatic carbocycles. The maximum absolute atomic E-state index is 13.0. The molecule has 1 atom stereocenters. The zero-order chi connectivity index (χ0) is 15.0. The van der Waals surface area contributed by atoms with E-state index in [-0.39, 0.29) is 17.9 Å². The smallest absolute Gasteiger partial charge is 0.315 e. The molecule has 0 aliphatic heterocycles. The number of rotatable bonds is 7. The fraction of sp³-hybridized carbons (Fsp3) is 0.562. The quantitative estimate of drug-likeness (QED) is 0.788. The Balaban J connectivity index is 2.20. The van der Waals surface area contributed by atoms with Crippen molar-refractivity contribution in [1.82, 2.24) is 10.6 Å². The van der Waals surface area contributed by atoms with Crippen molar-refractivity contribution >= 4 is 6.03 Å². The van der Waals surface area contributed by atoms with Gasteiger partial charge in [0.25, 0.3) is 0 Å².